The van der Waals surface area contributed by atoms with E-state index < -0.39 is 0 Å². The molecule has 1 heterocycles. The van der Waals surface area contributed by atoms with Gasteiger partial charge >= 0.3 is 0 Å². The minimum Gasteiger partial charge on any atom is -0.497 e. The minimum atomic E-state index is -0.195. The predicted molar refractivity (Wildman–Crippen MR) is 94.0 cm³/mol. The number of carbonyl (C=O) groups excluding carboxylic acids is 1. The normalized spacial score (nSPS) is 11.7. The quantitative estimate of drug-likeness (QED) is 0.719. The van der Waals surface area contributed by atoms with Gasteiger partial charge in [0.05, 0.1) is 38.5 Å². The largest absolute Gasteiger partial charge is 0.497 e. The molecule has 1 atom stereocenters. The monoisotopic (exact) mass is 336 g/mol. The first-order chi connectivity index (χ1) is 12.2. The highest BCUT2D eigenvalue weighted by Gasteiger charge is 2.16. The summed E-state index contributed by atoms with van der Waals surface area (Å²) < 4.78 is 5.14. The molecule has 0 radical (unpaired) electrons. The summed E-state index contributed by atoms with van der Waals surface area (Å²) in [5, 5.41) is 11.3. The fraction of sp³-hybridized carbons (Fsp3) is 0.211. The molecule has 2 aromatic carbocycles. The van der Waals surface area contributed by atoms with Crippen LogP contribution in [0.5, 0.6) is 5.75 Å². The molecule has 0 aliphatic carbocycles. The van der Waals surface area contributed by atoms with Gasteiger partial charge in [0.2, 0.25) is 5.91 Å². The molecule has 3 aromatic rings. The van der Waals surface area contributed by atoms with Crippen molar-refractivity contribution < 1.29 is 9.53 Å². The number of ether oxygens (including phenoxy) is 1. The molecular weight excluding hydrogens is 316 g/mol. The zero-order chi connectivity index (χ0) is 17.5. The van der Waals surface area contributed by atoms with Crippen molar-refractivity contribution in [3.05, 3.63) is 78.1 Å². The molecule has 0 saturated carbocycles. The van der Waals surface area contributed by atoms with Crippen LogP contribution in [0.2, 0.25) is 0 Å². The summed E-state index contributed by atoms with van der Waals surface area (Å²) in [6.07, 6.45) is 3.56. The van der Waals surface area contributed by atoms with Crippen LogP contribution in [-0.4, -0.2) is 28.0 Å². The van der Waals surface area contributed by atoms with Gasteiger partial charge in [0.25, 0.3) is 0 Å². The van der Waals surface area contributed by atoms with E-state index in [2.05, 4.69) is 15.5 Å². The number of carbonyl (C=O) groups is 1. The lowest BCUT2D eigenvalue weighted by Crippen LogP contribution is -2.33. The van der Waals surface area contributed by atoms with Gasteiger partial charge in [-0.3, -0.25) is 4.79 Å². The average molecular weight is 336 g/mol. The molecule has 128 valence electrons. The lowest BCUT2D eigenvalue weighted by molar-refractivity contribution is -0.121. The number of nitrogens with zero attached hydrogens (tertiary/aromatic N) is 3. The number of nitrogens with one attached hydrogen (secondary N) is 1. The third-order valence-electron chi connectivity index (χ3n) is 3.87. The molecule has 0 fully saturated rings. The molecule has 1 amide bonds. The molecule has 0 spiro atoms. The molecule has 0 bridgehead atoms. The van der Waals surface area contributed by atoms with Crippen molar-refractivity contribution in [2.45, 2.75) is 19.0 Å². The second-order valence-corrected chi connectivity index (χ2v) is 5.64. The zero-order valence-corrected chi connectivity index (χ0v) is 14.0. The van der Waals surface area contributed by atoms with E-state index >= 15 is 0 Å². The Morgan fingerprint density at radius 2 is 1.76 bits per heavy atom. The van der Waals surface area contributed by atoms with Gasteiger partial charge in [-0.05, 0) is 23.3 Å². The van der Waals surface area contributed by atoms with Crippen LogP contribution in [0.4, 0.5) is 0 Å². The Hall–Kier alpha value is -3.15. The highest BCUT2D eigenvalue weighted by atomic mass is 16.5. The standard InChI is InChI=1S/C19H20N4O2/c1-25-17-9-7-15(8-10-17)13-19(24)22-18(14-23-20-11-12-21-23)16-5-3-2-4-6-16/h2-12,18H,13-14H2,1H3,(H,22,24)/t18-/m1/s1. The Bertz CT molecular complexity index is 786. The third kappa shape index (κ3) is 4.67. The maximum atomic E-state index is 12.5. The van der Waals surface area contributed by atoms with Crippen LogP contribution in [-0.2, 0) is 17.8 Å². The second-order valence-electron chi connectivity index (χ2n) is 5.64. The molecule has 1 N–H and O–H groups in total. The molecule has 25 heavy (non-hydrogen) atoms. The third-order valence-corrected chi connectivity index (χ3v) is 3.87. The van der Waals surface area contributed by atoms with Crippen LogP contribution in [0.15, 0.2) is 67.0 Å². The Balaban J connectivity index is 1.69. The van der Waals surface area contributed by atoms with Gasteiger partial charge in [0, 0.05) is 0 Å². The van der Waals surface area contributed by atoms with Crippen LogP contribution >= 0.6 is 0 Å². The molecule has 0 aliphatic heterocycles. The summed E-state index contributed by atoms with van der Waals surface area (Å²) in [4.78, 5) is 14.1. The lowest BCUT2D eigenvalue weighted by atomic mass is 10.1. The number of rotatable bonds is 7. The summed E-state index contributed by atoms with van der Waals surface area (Å²) in [5.74, 6) is 0.724. The fourth-order valence-electron chi connectivity index (χ4n) is 2.59. The van der Waals surface area contributed by atoms with Crippen molar-refractivity contribution in [1.82, 2.24) is 20.3 Å². The van der Waals surface area contributed by atoms with Crippen molar-refractivity contribution in [1.29, 1.82) is 0 Å². The molecule has 0 unspecified atom stereocenters. The number of hydrogen-bond donors (Lipinski definition) is 1. The topological polar surface area (TPSA) is 69.0 Å². The summed E-state index contributed by atoms with van der Waals surface area (Å²) in [6, 6.07) is 17.1. The maximum Gasteiger partial charge on any atom is 0.224 e. The van der Waals surface area contributed by atoms with Crippen molar-refractivity contribution in [2.24, 2.45) is 0 Å². The predicted octanol–water partition coefficient (Wildman–Crippen LogP) is 2.39. The van der Waals surface area contributed by atoms with Crippen LogP contribution in [0, 0.1) is 0 Å². The molecular formula is C19H20N4O2. The minimum absolute atomic E-state index is 0.0498. The van der Waals surface area contributed by atoms with E-state index in [9.17, 15) is 4.79 Å². The van der Waals surface area contributed by atoms with Gasteiger partial charge in [-0.1, -0.05) is 42.5 Å². The Kier molecular flexibility index (Phi) is 5.41. The SMILES string of the molecule is COc1ccc(CC(=O)N[C@H](Cn2nccn2)c2ccccc2)cc1. The summed E-state index contributed by atoms with van der Waals surface area (Å²) >= 11 is 0. The Morgan fingerprint density at radius 1 is 1.08 bits per heavy atom. The smallest absolute Gasteiger partial charge is 0.224 e. The molecule has 1 aromatic heterocycles. The first-order valence-electron chi connectivity index (χ1n) is 8.06. The number of methoxy groups -OCH3 is 1. The van der Waals surface area contributed by atoms with E-state index in [0.29, 0.717) is 13.0 Å². The van der Waals surface area contributed by atoms with E-state index in [1.54, 1.807) is 24.3 Å². The summed E-state index contributed by atoms with van der Waals surface area (Å²) in [6.45, 7) is 0.478. The number of hydrogen-bond acceptors (Lipinski definition) is 4. The van der Waals surface area contributed by atoms with Crippen molar-refractivity contribution in [3.8, 4) is 5.75 Å². The van der Waals surface area contributed by atoms with E-state index in [1.807, 2.05) is 54.6 Å². The highest BCUT2D eigenvalue weighted by Crippen LogP contribution is 2.16. The van der Waals surface area contributed by atoms with E-state index in [0.717, 1.165) is 16.9 Å². The van der Waals surface area contributed by atoms with Gasteiger partial charge in [-0.2, -0.15) is 15.0 Å². The zero-order valence-electron chi connectivity index (χ0n) is 14.0. The van der Waals surface area contributed by atoms with E-state index in [4.69, 9.17) is 4.74 Å². The van der Waals surface area contributed by atoms with E-state index in [-0.39, 0.29) is 11.9 Å². The Morgan fingerprint density at radius 3 is 2.40 bits per heavy atom. The maximum absolute atomic E-state index is 12.5. The van der Waals surface area contributed by atoms with Gasteiger partial charge in [-0.15, -0.1) is 0 Å². The van der Waals surface area contributed by atoms with Gasteiger partial charge in [0.15, 0.2) is 0 Å². The first-order valence-corrected chi connectivity index (χ1v) is 8.06. The van der Waals surface area contributed by atoms with Crippen LogP contribution in [0.25, 0.3) is 0 Å². The molecule has 0 aliphatic rings. The summed E-state index contributed by atoms with van der Waals surface area (Å²) in [5.41, 5.74) is 1.95. The van der Waals surface area contributed by atoms with Crippen LogP contribution in [0.1, 0.15) is 17.2 Å². The Labute approximate surface area is 146 Å². The van der Waals surface area contributed by atoms with Gasteiger partial charge in [0.1, 0.15) is 5.75 Å². The van der Waals surface area contributed by atoms with E-state index in [1.165, 1.54) is 0 Å². The number of benzene rings is 2. The van der Waals surface area contributed by atoms with Crippen LogP contribution < -0.4 is 10.1 Å². The fourth-order valence-corrected chi connectivity index (χ4v) is 2.59. The van der Waals surface area contributed by atoms with Crippen LogP contribution in [0.3, 0.4) is 0 Å². The molecule has 3 rings (SSSR count). The van der Waals surface area contributed by atoms with Gasteiger partial charge < -0.3 is 10.1 Å². The summed E-state index contributed by atoms with van der Waals surface area (Å²) in [7, 11) is 1.62. The molecule has 6 heteroatoms. The molecule has 6 nitrogen and oxygen atoms in total. The second kappa shape index (κ2) is 8.10. The highest BCUT2D eigenvalue weighted by molar-refractivity contribution is 5.79. The number of amides is 1. The first kappa shape index (κ1) is 16.7. The van der Waals surface area contributed by atoms with Crippen molar-refractivity contribution in [2.75, 3.05) is 7.11 Å². The molecule has 0 saturated heterocycles. The average Bonchev–Trinajstić information content (AvgIpc) is 3.16. The lowest BCUT2D eigenvalue weighted by Gasteiger charge is -2.19. The van der Waals surface area contributed by atoms with Gasteiger partial charge in [-0.25, -0.2) is 0 Å². The number of aromatic nitrogens is 3. The van der Waals surface area contributed by atoms with Crippen molar-refractivity contribution in [3.63, 3.8) is 0 Å². The van der Waals surface area contributed by atoms with Crippen molar-refractivity contribution >= 4 is 5.91 Å².